The van der Waals surface area contributed by atoms with Gasteiger partial charge in [-0.1, -0.05) is 0 Å². The van der Waals surface area contributed by atoms with Crippen molar-refractivity contribution >= 4 is 22.6 Å². The van der Waals surface area contributed by atoms with Gasteiger partial charge in [-0.05, 0) is 18.2 Å². The van der Waals surface area contributed by atoms with Crippen LogP contribution in [-0.2, 0) is 11.0 Å². The van der Waals surface area contributed by atoms with E-state index in [-0.39, 0.29) is 23.5 Å². The molecule has 6 nitrogen and oxygen atoms in total. The van der Waals surface area contributed by atoms with Crippen molar-refractivity contribution in [3.63, 3.8) is 0 Å². The van der Waals surface area contributed by atoms with Gasteiger partial charge in [-0.15, -0.1) is 0 Å². The largest absolute Gasteiger partial charge is 0.449 e. The van der Waals surface area contributed by atoms with Gasteiger partial charge in [0.2, 0.25) is 11.7 Å². The molecule has 9 heteroatoms. The van der Waals surface area contributed by atoms with Crippen molar-refractivity contribution in [3.05, 3.63) is 24.0 Å². The van der Waals surface area contributed by atoms with Crippen molar-refractivity contribution in [2.75, 3.05) is 38.0 Å². The quantitative estimate of drug-likeness (QED) is 0.797. The molecule has 0 bridgehead atoms. The van der Waals surface area contributed by atoms with Crippen LogP contribution in [0.15, 0.2) is 18.2 Å². The van der Waals surface area contributed by atoms with Gasteiger partial charge in [-0.25, -0.2) is 4.98 Å². The summed E-state index contributed by atoms with van der Waals surface area (Å²) in [5, 5.41) is 5.90. The summed E-state index contributed by atoms with van der Waals surface area (Å²) in [5.74, 6) is -1.24. The Bertz CT molecular complexity index is 706. The van der Waals surface area contributed by atoms with Crippen molar-refractivity contribution in [1.82, 2.24) is 20.2 Å². The molecule has 0 unspecified atom stereocenters. The Balaban J connectivity index is 1.69. The number of hydrogen-bond acceptors (Lipinski definition) is 4. The number of nitrogens with zero attached hydrogens (tertiary/aromatic N) is 2. The lowest BCUT2D eigenvalue weighted by atomic mass is 10.2. The summed E-state index contributed by atoms with van der Waals surface area (Å²) in [7, 11) is 0. The number of piperazine rings is 1. The molecule has 1 saturated heterocycles. The highest BCUT2D eigenvalue weighted by Crippen LogP contribution is 2.29. The second-order valence-electron chi connectivity index (χ2n) is 5.39. The lowest BCUT2D eigenvalue weighted by Crippen LogP contribution is -2.46. The number of benzene rings is 1. The van der Waals surface area contributed by atoms with Crippen LogP contribution in [0.4, 0.5) is 18.9 Å². The number of H-pyrrole nitrogens is 1. The molecule has 1 aromatic carbocycles. The van der Waals surface area contributed by atoms with Gasteiger partial charge in [-0.2, -0.15) is 13.2 Å². The molecule has 124 valence electrons. The fourth-order valence-corrected chi connectivity index (χ4v) is 2.49. The van der Waals surface area contributed by atoms with Crippen LogP contribution in [0.25, 0.3) is 11.0 Å². The van der Waals surface area contributed by atoms with E-state index in [1.54, 1.807) is 6.07 Å². The Labute approximate surface area is 130 Å². The SMILES string of the molecule is O=C(CN1CCNCC1)Nc1ccc2nc(C(F)(F)F)[nH]c2c1. The molecule has 1 aliphatic rings. The Hall–Kier alpha value is -2.13. The minimum atomic E-state index is -4.52. The number of fused-ring (bicyclic) bond motifs is 1. The number of aromatic amines is 1. The van der Waals surface area contributed by atoms with E-state index in [1.165, 1.54) is 12.1 Å². The van der Waals surface area contributed by atoms with Gasteiger partial charge in [0.25, 0.3) is 0 Å². The van der Waals surface area contributed by atoms with Gasteiger partial charge in [0.05, 0.1) is 17.6 Å². The summed E-state index contributed by atoms with van der Waals surface area (Å²) >= 11 is 0. The predicted octanol–water partition coefficient (Wildman–Crippen LogP) is 1.43. The molecule has 2 heterocycles. The zero-order valence-corrected chi connectivity index (χ0v) is 12.2. The number of hydrogen-bond donors (Lipinski definition) is 3. The fraction of sp³-hybridized carbons (Fsp3) is 0.429. The van der Waals surface area contributed by atoms with Crippen molar-refractivity contribution in [2.24, 2.45) is 0 Å². The highest BCUT2D eigenvalue weighted by Gasteiger charge is 2.34. The van der Waals surface area contributed by atoms with Crippen LogP contribution in [0.3, 0.4) is 0 Å². The van der Waals surface area contributed by atoms with Crippen molar-refractivity contribution in [2.45, 2.75) is 6.18 Å². The predicted molar refractivity (Wildman–Crippen MR) is 79.0 cm³/mol. The third-order valence-electron chi connectivity index (χ3n) is 3.61. The fourth-order valence-electron chi connectivity index (χ4n) is 2.49. The molecular weight excluding hydrogens is 311 g/mol. The summed E-state index contributed by atoms with van der Waals surface area (Å²) in [6.45, 7) is 3.53. The van der Waals surface area contributed by atoms with Crippen molar-refractivity contribution in [1.29, 1.82) is 0 Å². The minimum Gasteiger partial charge on any atom is -0.334 e. The first-order chi connectivity index (χ1) is 10.9. The lowest BCUT2D eigenvalue weighted by molar-refractivity contribution is -0.144. The van der Waals surface area contributed by atoms with Crippen molar-refractivity contribution in [3.8, 4) is 0 Å². The van der Waals surface area contributed by atoms with E-state index in [1.807, 2.05) is 4.90 Å². The van der Waals surface area contributed by atoms with Crippen LogP contribution in [0.2, 0.25) is 0 Å². The summed E-state index contributed by atoms with van der Waals surface area (Å²) in [5.41, 5.74) is 0.879. The van der Waals surface area contributed by atoms with Crippen LogP contribution < -0.4 is 10.6 Å². The number of nitrogens with one attached hydrogen (secondary N) is 3. The summed E-state index contributed by atoms with van der Waals surface area (Å²) in [4.78, 5) is 19.7. The van der Waals surface area contributed by atoms with E-state index >= 15 is 0 Å². The lowest BCUT2D eigenvalue weighted by Gasteiger charge is -2.26. The molecule has 0 saturated carbocycles. The molecular formula is C14H16F3N5O. The summed E-state index contributed by atoms with van der Waals surface area (Å²) in [6.07, 6.45) is -4.52. The molecule has 1 fully saturated rings. The smallest absolute Gasteiger partial charge is 0.334 e. The molecule has 0 atom stereocenters. The Morgan fingerprint density at radius 1 is 1.30 bits per heavy atom. The second-order valence-corrected chi connectivity index (χ2v) is 5.39. The number of amides is 1. The maximum atomic E-state index is 12.6. The summed E-state index contributed by atoms with van der Waals surface area (Å²) in [6, 6.07) is 4.44. The molecule has 0 radical (unpaired) electrons. The first kappa shape index (κ1) is 15.8. The van der Waals surface area contributed by atoms with Crippen LogP contribution in [0.5, 0.6) is 0 Å². The normalized spacial score (nSPS) is 16.7. The molecule has 1 aliphatic heterocycles. The van der Waals surface area contributed by atoms with Crippen molar-refractivity contribution < 1.29 is 18.0 Å². The van der Waals surface area contributed by atoms with E-state index in [9.17, 15) is 18.0 Å². The van der Waals surface area contributed by atoms with Crippen LogP contribution in [0.1, 0.15) is 5.82 Å². The zero-order chi connectivity index (χ0) is 16.4. The number of anilines is 1. The first-order valence-corrected chi connectivity index (χ1v) is 7.22. The van der Waals surface area contributed by atoms with E-state index in [0.29, 0.717) is 5.69 Å². The summed E-state index contributed by atoms with van der Waals surface area (Å²) < 4.78 is 37.9. The van der Waals surface area contributed by atoms with Gasteiger partial charge >= 0.3 is 6.18 Å². The molecule has 3 rings (SSSR count). The Kier molecular flexibility index (Phi) is 4.22. The van der Waals surface area contributed by atoms with E-state index in [4.69, 9.17) is 0 Å². The van der Waals surface area contributed by atoms with Crippen LogP contribution in [0, 0.1) is 0 Å². The van der Waals surface area contributed by atoms with Crippen LogP contribution >= 0.6 is 0 Å². The highest BCUT2D eigenvalue weighted by atomic mass is 19.4. The molecule has 0 aliphatic carbocycles. The first-order valence-electron chi connectivity index (χ1n) is 7.22. The molecule has 0 spiro atoms. The molecule has 1 amide bonds. The third kappa shape index (κ3) is 3.80. The molecule has 1 aromatic heterocycles. The number of alkyl halides is 3. The van der Waals surface area contributed by atoms with Gasteiger partial charge in [0.15, 0.2) is 0 Å². The number of halogens is 3. The average molecular weight is 327 g/mol. The Morgan fingerprint density at radius 2 is 2.04 bits per heavy atom. The number of imidazole rings is 1. The van der Waals surface area contributed by atoms with E-state index in [0.717, 1.165) is 26.2 Å². The Morgan fingerprint density at radius 3 is 2.74 bits per heavy atom. The maximum absolute atomic E-state index is 12.6. The zero-order valence-electron chi connectivity index (χ0n) is 12.2. The van der Waals surface area contributed by atoms with Gasteiger partial charge < -0.3 is 15.6 Å². The number of rotatable bonds is 3. The number of carbonyl (C=O) groups is 1. The van der Waals surface area contributed by atoms with Crippen LogP contribution in [-0.4, -0.2) is 53.5 Å². The van der Waals surface area contributed by atoms with E-state index in [2.05, 4.69) is 20.6 Å². The topological polar surface area (TPSA) is 73.1 Å². The highest BCUT2D eigenvalue weighted by molar-refractivity contribution is 5.94. The number of carbonyl (C=O) groups excluding carboxylic acids is 1. The monoisotopic (exact) mass is 327 g/mol. The van der Waals surface area contributed by atoms with Gasteiger partial charge in [0, 0.05) is 31.9 Å². The minimum absolute atomic E-state index is 0.193. The molecule has 2 aromatic rings. The molecule has 3 N–H and O–H groups in total. The number of aromatic nitrogens is 2. The molecule has 23 heavy (non-hydrogen) atoms. The van der Waals surface area contributed by atoms with Gasteiger partial charge in [0.1, 0.15) is 0 Å². The van der Waals surface area contributed by atoms with Gasteiger partial charge in [-0.3, -0.25) is 9.69 Å². The van der Waals surface area contributed by atoms with E-state index < -0.39 is 12.0 Å². The second kappa shape index (κ2) is 6.17. The third-order valence-corrected chi connectivity index (χ3v) is 3.61. The standard InChI is InChI=1S/C14H16F3N5O/c15-14(16,17)13-20-10-2-1-9(7-11(10)21-13)19-12(23)8-22-5-3-18-4-6-22/h1-2,7,18H,3-6,8H2,(H,19,23)(H,20,21). The average Bonchev–Trinajstić information content (AvgIpc) is 2.91. The maximum Gasteiger partial charge on any atom is 0.449 e.